The lowest BCUT2D eigenvalue weighted by molar-refractivity contribution is 0.102. The third-order valence-corrected chi connectivity index (χ3v) is 4.68. The first-order valence-corrected chi connectivity index (χ1v) is 8.31. The molecule has 0 saturated carbocycles. The average Bonchev–Trinajstić information content (AvgIpc) is 3.25. The van der Waals surface area contributed by atoms with Gasteiger partial charge in [-0.1, -0.05) is 0 Å². The van der Waals surface area contributed by atoms with Crippen LogP contribution in [0, 0.1) is 0 Å². The summed E-state index contributed by atoms with van der Waals surface area (Å²) in [5, 5.41) is 8.99. The number of carbonyl (C=O) groups excluding carboxylic acids is 1. The zero-order valence-electron chi connectivity index (χ0n) is 13.1. The van der Waals surface area contributed by atoms with Crippen molar-refractivity contribution in [2.75, 3.05) is 26.1 Å². The van der Waals surface area contributed by atoms with Crippen LogP contribution in [0.15, 0.2) is 23.6 Å². The van der Waals surface area contributed by atoms with E-state index in [1.54, 1.807) is 37.8 Å². The van der Waals surface area contributed by atoms with Crippen LogP contribution in [0.25, 0.3) is 0 Å². The third kappa shape index (κ3) is 3.62. The average molecular weight is 333 g/mol. The number of hydrogen-bond donors (Lipinski definition) is 2. The van der Waals surface area contributed by atoms with Gasteiger partial charge in [-0.2, -0.15) is 0 Å². The number of benzene rings is 1. The molecule has 0 spiro atoms. The van der Waals surface area contributed by atoms with Gasteiger partial charge in [-0.3, -0.25) is 4.79 Å². The van der Waals surface area contributed by atoms with Crippen LogP contribution in [0.3, 0.4) is 0 Å². The van der Waals surface area contributed by atoms with Crippen molar-refractivity contribution < 1.29 is 14.3 Å². The van der Waals surface area contributed by atoms with Gasteiger partial charge in [0.05, 0.1) is 20.3 Å². The SMILES string of the molecule is COc1cc(NC(=O)c2csc(C3CCCN3)n2)cc(OC)c1. The molecule has 3 rings (SSSR count). The Balaban J connectivity index is 1.73. The highest BCUT2D eigenvalue weighted by molar-refractivity contribution is 7.09. The summed E-state index contributed by atoms with van der Waals surface area (Å²) < 4.78 is 10.4. The summed E-state index contributed by atoms with van der Waals surface area (Å²) in [6.45, 7) is 1.01. The van der Waals surface area contributed by atoms with E-state index in [-0.39, 0.29) is 11.9 Å². The van der Waals surface area contributed by atoms with Gasteiger partial charge in [0.15, 0.2) is 0 Å². The fourth-order valence-electron chi connectivity index (χ4n) is 2.52. The summed E-state index contributed by atoms with van der Waals surface area (Å²) in [5.74, 6) is 1.00. The quantitative estimate of drug-likeness (QED) is 0.880. The van der Waals surface area contributed by atoms with Crippen LogP contribution in [0.4, 0.5) is 5.69 Å². The summed E-state index contributed by atoms with van der Waals surface area (Å²) >= 11 is 1.52. The van der Waals surface area contributed by atoms with Gasteiger partial charge in [-0.15, -0.1) is 11.3 Å². The Morgan fingerprint density at radius 2 is 2.04 bits per heavy atom. The summed E-state index contributed by atoms with van der Waals surface area (Å²) in [4.78, 5) is 16.8. The van der Waals surface area contributed by atoms with E-state index in [4.69, 9.17) is 9.47 Å². The molecule has 23 heavy (non-hydrogen) atoms. The van der Waals surface area contributed by atoms with Crippen LogP contribution in [-0.4, -0.2) is 31.7 Å². The molecule has 7 heteroatoms. The Morgan fingerprint density at radius 3 is 2.65 bits per heavy atom. The second kappa shape index (κ2) is 6.97. The minimum Gasteiger partial charge on any atom is -0.497 e. The van der Waals surface area contributed by atoms with Gasteiger partial charge in [-0.25, -0.2) is 4.98 Å². The Labute approximate surface area is 138 Å². The van der Waals surface area contributed by atoms with Crippen molar-refractivity contribution in [2.24, 2.45) is 0 Å². The molecule has 6 nitrogen and oxygen atoms in total. The van der Waals surface area contributed by atoms with Gasteiger partial charge in [0.25, 0.3) is 5.91 Å². The first-order valence-electron chi connectivity index (χ1n) is 7.43. The van der Waals surface area contributed by atoms with Crippen LogP contribution in [0.2, 0.25) is 0 Å². The third-order valence-electron chi connectivity index (χ3n) is 3.72. The molecule has 2 N–H and O–H groups in total. The van der Waals surface area contributed by atoms with Crippen LogP contribution in [0.1, 0.15) is 34.4 Å². The second-order valence-electron chi connectivity index (χ2n) is 5.28. The number of rotatable bonds is 5. The topological polar surface area (TPSA) is 72.5 Å². The Morgan fingerprint density at radius 1 is 1.30 bits per heavy atom. The highest BCUT2D eigenvalue weighted by atomic mass is 32.1. The van der Waals surface area contributed by atoms with Crippen LogP contribution in [0.5, 0.6) is 11.5 Å². The lowest BCUT2D eigenvalue weighted by Gasteiger charge is -2.09. The van der Waals surface area contributed by atoms with Gasteiger partial charge in [-0.05, 0) is 19.4 Å². The fourth-order valence-corrected chi connectivity index (χ4v) is 3.43. The monoisotopic (exact) mass is 333 g/mol. The first kappa shape index (κ1) is 15.8. The predicted molar refractivity (Wildman–Crippen MR) is 89.6 cm³/mol. The van der Waals surface area contributed by atoms with E-state index in [0.29, 0.717) is 22.9 Å². The minimum absolute atomic E-state index is 0.235. The van der Waals surface area contributed by atoms with E-state index < -0.39 is 0 Å². The van der Waals surface area contributed by atoms with Gasteiger partial charge in [0, 0.05) is 29.3 Å². The summed E-state index contributed by atoms with van der Waals surface area (Å²) in [5.41, 5.74) is 1.04. The molecule has 1 aliphatic heterocycles. The van der Waals surface area contributed by atoms with Gasteiger partial charge in [0.1, 0.15) is 22.2 Å². The zero-order valence-corrected chi connectivity index (χ0v) is 13.9. The van der Waals surface area contributed by atoms with Crippen molar-refractivity contribution in [3.8, 4) is 11.5 Å². The number of nitrogens with one attached hydrogen (secondary N) is 2. The fraction of sp³-hybridized carbons (Fsp3) is 0.375. The molecule has 0 aliphatic carbocycles. The molecule has 2 aromatic rings. The Bertz CT molecular complexity index is 673. The number of thiazole rings is 1. The highest BCUT2D eigenvalue weighted by Gasteiger charge is 2.21. The molecule has 1 atom stereocenters. The number of methoxy groups -OCH3 is 2. The van der Waals surface area contributed by atoms with Crippen molar-refractivity contribution in [1.82, 2.24) is 10.3 Å². The van der Waals surface area contributed by atoms with Gasteiger partial charge < -0.3 is 20.1 Å². The molecular formula is C16H19N3O3S. The molecule has 1 aliphatic rings. The molecule has 1 fully saturated rings. The summed E-state index contributed by atoms with van der Waals surface area (Å²) in [7, 11) is 3.14. The van der Waals surface area contributed by atoms with Gasteiger partial charge >= 0.3 is 0 Å². The molecule has 1 amide bonds. The molecule has 0 radical (unpaired) electrons. The number of aromatic nitrogens is 1. The van der Waals surface area contributed by atoms with Crippen LogP contribution in [-0.2, 0) is 0 Å². The predicted octanol–water partition coefficient (Wildman–Crippen LogP) is 2.84. The van der Waals surface area contributed by atoms with E-state index in [0.717, 1.165) is 24.4 Å². The van der Waals surface area contributed by atoms with Crippen molar-refractivity contribution >= 4 is 22.9 Å². The van der Waals surface area contributed by atoms with Crippen LogP contribution >= 0.6 is 11.3 Å². The van der Waals surface area contributed by atoms with Crippen molar-refractivity contribution in [2.45, 2.75) is 18.9 Å². The number of hydrogen-bond acceptors (Lipinski definition) is 6. The maximum absolute atomic E-state index is 12.4. The van der Waals surface area contributed by atoms with E-state index >= 15 is 0 Å². The molecule has 1 unspecified atom stereocenters. The maximum Gasteiger partial charge on any atom is 0.275 e. The normalized spacial score (nSPS) is 17.0. The van der Waals surface area contributed by atoms with E-state index in [9.17, 15) is 4.79 Å². The lowest BCUT2D eigenvalue weighted by Crippen LogP contribution is -2.15. The molecule has 0 bridgehead atoms. The van der Waals surface area contributed by atoms with Crippen molar-refractivity contribution in [3.05, 3.63) is 34.3 Å². The molecular weight excluding hydrogens is 314 g/mol. The summed E-state index contributed by atoms with van der Waals surface area (Å²) in [6.07, 6.45) is 2.22. The van der Waals surface area contributed by atoms with Crippen molar-refractivity contribution in [1.29, 1.82) is 0 Å². The lowest BCUT2D eigenvalue weighted by atomic mass is 10.2. The number of anilines is 1. The molecule has 1 saturated heterocycles. The number of nitrogens with zero attached hydrogens (tertiary/aromatic N) is 1. The molecule has 1 aromatic heterocycles. The largest absolute Gasteiger partial charge is 0.497 e. The van der Waals surface area contributed by atoms with Crippen LogP contribution < -0.4 is 20.1 Å². The molecule has 1 aromatic carbocycles. The summed E-state index contributed by atoms with van der Waals surface area (Å²) in [6, 6.07) is 5.51. The smallest absolute Gasteiger partial charge is 0.275 e. The molecule has 2 heterocycles. The zero-order chi connectivity index (χ0) is 16.2. The molecule has 122 valence electrons. The number of amides is 1. The number of ether oxygens (including phenoxy) is 2. The van der Waals surface area contributed by atoms with E-state index in [2.05, 4.69) is 15.6 Å². The highest BCUT2D eigenvalue weighted by Crippen LogP contribution is 2.28. The van der Waals surface area contributed by atoms with Gasteiger partial charge in [0.2, 0.25) is 0 Å². The van der Waals surface area contributed by atoms with E-state index in [1.807, 2.05) is 0 Å². The first-order chi connectivity index (χ1) is 11.2. The van der Waals surface area contributed by atoms with Crippen molar-refractivity contribution in [3.63, 3.8) is 0 Å². The maximum atomic E-state index is 12.4. The standard InChI is InChI=1S/C16H19N3O3S/c1-21-11-6-10(7-12(8-11)22-2)18-15(20)14-9-23-16(19-14)13-4-3-5-17-13/h6-9,13,17H,3-5H2,1-2H3,(H,18,20). The van der Waals surface area contributed by atoms with E-state index in [1.165, 1.54) is 11.3 Å². The minimum atomic E-state index is -0.235. The number of carbonyl (C=O) groups is 1. The second-order valence-corrected chi connectivity index (χ2v) is 6.17. The Hall–Kier alpha value is -2.12. The Kier molecular flexibility index (Phi) is 4.78.